The molecule has 0 radical (unpaired) electrons. The van der Waals surface area contributed by atoms with Gasteiger partial charge in [-0.3, -0.25) is 9.69 Å². The number of furan rings is 1. The van der Waals surface area contributed by atoms with Crippen LogP contribution >= 0.6 is 0 Å². The van der Waals surface area contributed by atoms with Gasteiger partial charge in [-0.25, -0.2) is 0 Å². The number of rotatable bonds is 5. The van der Waals surface area contributed by atoms with Crippen molar-refractivity contribution >= 4 is 5.91 Å². The van der Waals surface area contributed by atoms with Gasteiger partial charge in [0.05, 0.1) is 25.4 Å². The zero-order chi connectivity index (χ0) is 15.8. The first-order chi connectivity index (χ1) is 11.2. The molecule has 2 aliphatic rings. The lowest BCUT2D eigenvalue weighted by atomic mass is 10.2. The summed E-state index contributed by atoms with van der Waals surface area (Å²) in [4.78, 5) is 14.5. The molecule has 23 heavy (non-hydrogen) atoms. The van der Waals surface area contributed by atoms with E-state index in [4.69, 9.17) is 4.42 Å². The third-order valence-electron chi connectivity index (χ3n) is 4.70. The first-order valence-corrected chi connectivity index (χ1v) is 8.18. The molecule has 122 valence electrons. The number of amides is 1. The third kappa shape index (κ3) is 2.88. The predicted octanol–water partition coefficient (Wildman–Crippen LogP) is 1.27. The molecule has 7 heteroatoms. The van der Waals surface area contributed by atoms with E-state index in [0.29, 0.717) is 19.0 Å². The summed E-state index contributed by atoms with van der Waals surface area (Å²) >= 11 is 0. The zero-order valence-corrected chi connectivity index (χ0v) is 13.2. The predicted molar refractivity (Wildman–Crippen MR) is 82.4 cm³/mol. The molecule has 0 spiro atoms. The molecule has 0 aromatic carbocycles. The van der Waals surface area contributed by atoms with Crippen LogP contribution in [0, 0.1) is 0 Å². The van der Waals surface area contributed by atoms with E-state index in [2.05, 4.69) is 25.0 Å². The largest absolute Gasteiger partial charge is 0.467 e. The highest BCUT2D eigenvalue weighted by atomic mass is 16.3. The fourth-order valence-electron chi connectivity index (χ4n) is 3.07. The minimum atomic E-state index is -0.195. The maximum Gasteiger partial charge on any atom is 0.237 e. The Morgan fingerprint density at radius 3 is 3.04 bits per heavy atom. The number of nitrogens with zero attached hydrogens (tertiary/aromatic N) is 4. The highest BCUT2D eigenvalue weighted by Gasteiger charge is 2.33. The van der Waals surface area contributed by atoms with Gasteiger partial charge in [0.15, 0.2) is 0 Å². The molecule has 2 aromatic heterocycles. The number of aromatic nitrogens is 3. The summed E-state index contributed by atoms with van der Waals surface area (Å²) in [6.45, 7) is 4.75. The molecule has 1 N–H and O–H groups in total. The Kier molecular flexibility index (Phi) is 3.65. The Labute approximate surface area is 134 Å². The van der Waals surface area contributed by atoms with Crippen molar-refractivity contribution in [3.05, 3.63) is 35.8 Å². The van der Waals surface area contributed by atoms with Crippen LogP contribution in [0.1, 0.15) is 43.1 Å². The lowest BCUT2D eigenvalue weighted by Crippen LogP contribution is -2.48. The van der Waals surface area contributed by atoms with E-state index in [1.165, 1.54) is 12.8 Å². The van der Waals surface area contributed by atoms with Crippen LogP contribution in [0.2, 0.25) is 0 Å². The van der Waals surface area contributed by atoms with E-state index < -0.39 is 0 Å². The molecule has 1 amide bonds. The smallest absolute Gasteiger partial charge is 0.237 e. The Morgan fingerprint density at radius 1 is 1.43 bits per heavy atom. The molecule has 2 aromatic rings. The second kappa shape index (κ2) is 5.81. The monoisotopic (exact) mass is 315 g/mol. The summed E-state index contributed by atoms with van der Waals surface area (Å²) in [5.41, 5.74) is 0. The molecule has 3 heterocycles. The van der Waals surface area contributed by atoms with Crippen molar-refractivity contribution in [3.63, 3.8) is 0 Å². The summed E-state index contributed by atoms with van der Waals surface area (Å²) in [5, 5.41) is 11.6. The molecule has 1 aliphatic carbocycles. The molecular weight excluding hydrogens is 294 g/mol. The van der Waals surface area contributed by atoms with E-state index >= 15 is 0 Å². The second-order valence-electron chi connectivity index (χ2n) is 6.34. The molecule has 1 atom stereocenters. The van der Waals surface area contributed by atoms with Crippen LogP contribution in [0.3, 0.4) is 0 Å². The minimum absolute atomic E-state index is 0.0109. The summed E-state index contributed by atoms with van der Waals surface area (Å²) in [5.74, 6) is 3.49. The fourth-order valence-corrected chi connectivity index (χ4v) is 3.07. The van der Waals surface area contributed by atoms with Crippen molar-refractivity contribution < 1.29 is 9.21 Å². The normalized spacial score (nSPS) is 19.3. The summed E-state index contributed by atoms with van der Waals surface area (Å²) in [6, 6.07) is 3.48. The maximum absolute atomic E-state index is 12.3. The number of fused-ring (bicyclic) bond motifs is 1. The Morgan fingerprint density at radius 2 is 2.30 bits per heavy atom. The fraction of sp³-hybridized carbons (Fsp3) is 0.562. The lowest BCUT2D eigenvalue weighted by molar-refractivity contribution is -0.126. The van der Waals surface area contributed by atoms with Gasteiger partial charge in [-0.05, 0) is 31.9 Å². The van der Waals surface area contributed by atoms with Crippen LogP contribution in [0.4, 0.5) is 0 Å². The molecule has 0 unspecified atom stereocenters. The highest BCUT2D eigenvalue weighted by Crippen LogP contribution is 2.39. The molecule has 0 bridgehead atoms. The highest BCUT2D eigenvalue weighted by molar-refractivity contribution is 5.81. The third-order valence-corrected chi connectivity index (χ3v) is 4.70. The van der Waals surface area contributed by atoms with Gasteiger partial charge in [0.25, 0.3) is 0 Å². The van der Waals surface area contributed by atoms with Crippen LogP contribution in [-0.2, 0) is 24.4 Å². The standard InChI is InChI=1S/C16H21N5O2/c1-11(16(22)17-9-13-3-2-8-23-13)20-6-7-21-14(10-20)18-19-15(21)12-4-5-12/h2-3,8,11-12H,4-7,9-10H2,1H3,(H,17,22)/t11-/m0/s1. The molecule has 7 nitrogen and oxygen atoms in total. The lowest BCUT2D eigenvalue weighted by Gasteiger charge is -2.31. The topological polar surface area (TPSA) is 76.2 Å². The molecule has 1 aliphatic heterocycles. The number of carbonyl (C=O) groups excluding carboxylic acids is 1. The van der Waals surface area contributed by atoms with E-state index in [0.717, 1.165) is 30.5 Å². The molecule has 0 saturated heterocycles. The Balaban J connectivity index is 1.37. The first-order valence-electron chi connectivity index (χ1n) is 8.18. The van der Waals surface area contributed by atoms with Gasteiger partial charge in [0, 0.05) is 19.0 Å². The van der Waals surface area contributed by atoms with Crippen molar-refractivity contribution in [1.82, 2.24) is 25.0 Å². The molecular formula is C16H21N5O2. The van der Waals surface area contributed by atoms with Crippen LogP contribution < -0.4 is 5.32 Å². The van der Waals surface area contributed by atoms with Crippen LogP contribution in [0.25, 0.3) is 0 Å². The first kappa shape index (κ1) is 14.4. The zero-order valence-electron chi connectivity index (χ0n) is 13.2. The molecule has 1 saturated carbocycles. The molecule has 4 rings (SSSR count). The van der Waals surface area contributed by atoms with E-state index in [9.17, 15) is 4.79 Å². The van der Waals surface area contributed by atoms with Gasteiger partial charge in [-0.1, -0.05) is 0 Å². The Hall–Kier alpha value is -2.15. The van der Waals surface area contributed by atoms with Gasteiger partial charge in [-0.15, -0.1) is 10.2 Å². The second-order valence-corrected chi connectivity index (χ2v) is 6.34. The van der Waals surface area contributed by atoms with Crippen molar-refractivity contribution in [2.24, 2.45) is 0 Å². The van der Waals surface area contributed by atoms with Crippen molar-refractivity contribution in [3.8, 4) is 0 Å². The SMILES string of the molecule is C[C@@H](C(=O)NCc1ccco1)N1CCn2c(nnc2C2CC2)C1. The summed E-state index contributed by atoms with van der Waals surface area (Å²) < 4.78 is 7.47. The van der Waals surface area contributed by atoms with Crippen LogP contribution in [-0.4, -0.2) is 38.2 Å². The number of carbonyl (C=O) groups is 1. The van der Waals surface area contributed by atoms with E-state index in [1.54, 1.807) is 6.26 Å². The van der Waals surface area contributed by atoms with Gasteiger partial charge in [0.2, 0.25) is 5.91 Å². The quantitative estimate of drug-likeness (QED) is 0.899. The van der Waals surface area contributed by atoms with Gasteiger partial charge < -0.3 is 14.3 Å². The summed E-state index contributed by atoms with van der Waals surface area (Å²) in [7, 11) is 0. The number of hydrogen-bond acceptors (Lipinski definition) is 5. The summed E-state index contributed by atoms with van der Waals surface area (Å²) in [6.07, 6.45) is 4.07. The average molecular weight is 315 g/mol. The number of nitrogens with one attached hydrogen (secondary N) is 1. The maximum atomic E-state index is 12.3. The Bertz CT molecular complexity index is 689. The van der Waals surface area contributed by atoms with E-state index in [-0.39, 0.29) is 11.9 Å². The van der Waals surface area contributed by atoms with Crippen LogP contribution in [0.5, 0.6) is 0 Å². The van der Waals surface area contributed by atoms with Crippen molar-refractivity contribution in [2.75, 3.05) is 6.54 Å². The van der Waals surface area contributed by atoms with Gasteiger partial charge in [0.1, 0.15) is 17.4 Å². The minimum Gasteiger partial charge on any atom is -0.467 e. The van der Waals surface area contributed by atoms with E-state index in [1.807, 2.05) is 19.1 Å². The molecule has 1 fully saturated rings. The van der Waals surface area contributed by atoms with Gasteiger partial charge in [-0.2, -0.15) is 0 Å². The van der Waals surface area contributed by atoms with Crippen LogP contribution in [0.15, 0.2) is 22.8 Å². The van der Waals surface area contributed by atoms with Crippen molar-refractivity contribution in [1.29, 1.82) is 0 Å². The average Bonchev–Trinajstić information content (AvgIpc) is 3.12. The number of hydrogen-bond donors (Lipinski definition) is 1. The van der Waals surface area contributed by atoms with Gasteiger partial charge >= 0.3 is 0 Å². The van der Waals surface area contributed by atoms with Crippen molar-refractivity contribution in [2.45, 2.75) is 51.4 Å².